The highest BCUT2D eigenvalue weighted by molar-refractivity contribution is 5.22. The molecule has 0 aromatic heterocycles. The van der Waals surface area contributed by atoms with Gasteiger partial charge in [0.15, 0.2) is 0 Å². The Morgan fingerprint density at radius 3 is 2.33 bits per heavy atom. The Morgan fingerprint density at radius 2 is 1.76 bits per heavy atom. The number of hydrogen-bond donors (Lipinski definition) is 1. The highest BCUT2D eigenvalue weighted by atomic mass is 19.4. The second-order valence-corrected chi connectivity index (χ2v) is 5.90. The lowest BCUT2D eigenvalue weighted by Crippen LogP contribution is -2.24. The molecule has 0 unspecified atom stereocenters. The first-order valence-electron chi connectivity index (χ1n) is 7.49. The van der Waals surface area contributed by atoms with E-state index in [0.29, 0.717) is 6.54 Å². The lowest BCUT2D eigenvalue weighted by Gasteiger charge is -2.17. The van der Waals surface area contributed by atoms with Crippen molar-refractivity contribution in [3.05, 3.63) is 35.4 Å². The molecule has 0 bridgehead atoms. The first-order chi connectivity index (χ1) is 9.92. The average molecular weight is 300 g/mol. The quantitative estimate of drug-likeness (QED) is 0.792. The highest BCUT2D eigenvalue weighted by Crippen LogP contribution is 2.20. The Morgan fingerprint density at radius 1 is 1.14 bits per heavy atom. The molecule has 0 amide bonds. The molecule has 2 rings (SSSR count). The zero-order valence-electron chi connectivity index (χ0n) is 12.4. The van der Waals surface area contributed by atoms with E-state index in [1.54, 1.807) is 11.9 Å². The molecule has 21 heavy (non-hydrogen) atoms. The van der Waals surface area contributed by atoms with Crippen molar-refractivity contribution in [2.75, 3.05) is 20.1 Å². The van der Waals surface area contributed by atoms with Crippen LogP contribution in [-0.2, 0) is 13.0 Å². The van der Waals surface area contributed by atoms with Crippen LogP contribution in [0.4, 0.5) is 13.2 Å². The molecule has 1 aromatic rings. The van der Waals surface area contributed by atoms with Gasteiger partial charge in [0, 0.05) is 19.1 Å². The third-order valence-electron chi connectivity index (χ3n) is 3.68. The second kappa shape index (κ2) is 7.27. The molecule has 1 N–H and O–H groups in total. The molecule has 0 spiro atoms. The van der Waals surface area contributed by atoms with Crippen molar-refractivity contribution < 1.29 is 13.2 Å². The number of alkyl halides is 3. The van der Waals surface area contributed by atoms with E-state index in [9.17, 15) is 13.2 Å². The smallest absolute Gasteiger partial charge is 0.314 e. The van der Waals surface area contributed by atoms with Crippen LogP contribution in [-0.4, -0.2) is 37.3 Å². The van der Waals surface area contributed by atoms with Crippen LogP contribution in [0.1, 0.15) is 30.4 Å². The minimum Gasteiger partial charge on any atom is -0.314 e. The van der Waals surface area contributed by atoms with Crippen LogP contribution in [0.2, 0.25) is 0 Å². The van der Waals surface area contributed by atoms with Gasteiger partial charge in [0.25, 0.3) is 0 Å². The molecule has 0 atom stereocenters. The summed E-state index contributed by atoms with van der Waals surface area (Å²) in [4.78, 5) is 1.71. The molecule has 2 nitrogen and oxygen atoms in total. The van der Waals surface area contributed by atoms with Gasteiger partial charge in [-0.25, -0.2) is 0 Å². The zero-order chi connectivity index (χ0) is 15.3. The summed E-state index contributed by atoms with van der Waals surface area (Å²) in [5.74, 6) is 0. The lowest BCUT2D eigenvalue weighted by molar-refractivity contribution is -0.137. The Balaban J connectivity index is 1.70. The molecule has 1 aliphatic carbocycles. The molecule has 0 saturated heterocycles. The van der Waals surface area contributed by atoms with Crippen LogP contribution in [0.25, 0.3) is 0 Å². The fraction of sp³-hybridized carbons (Fsp3) is 0.625. The summed E-state index contributed by atoms with van der Waals surface area (Å²) in [6.07, 6.45) is -1.24. The summed E-state index contributed by atoms with van der Waals surface area (Å²) in [7, 11) is 1.72. The fourth-order valence-corrected chi connectivity index (χ4v) is 2.23. The van der Waals surface area contributed by atoms with Crippen molar-refractivity contribution in [1.29, 1.82) is 0 Å². The van der Waals surface area contributed by atoms with Crippen LogP contribution in [0, 0.1) is 0 Å². The summed E-state index contributed by atoms with van der Waals surface area (Å²) in [5, 5.41) is 3.47. The van der Waals surface area contributed by atoms with Crippen LogP contribution in [0.3, 0.4) is 0 Å². The summed E-state index contributed by atoms with van der Waals surface area (Å²) < 4.78 is 36.5. The van der Waals surface area contributed by atoms with E-state index >= 15 is 0 Å². The van der Waals surface area contributed by atoms with Gasteiger partial charge in [-0.2, -0.15) is 13.2 Å². The predicted molar refractivity (Wildman–Crippen MR) is 78.2 cm³/mol. The van der Waals surface area contributed by atoms with E-state index in [4.69, 9.17) is 0 Å². The van der Waals surface area contributed by atoms with Crippen molar-refractivity contribution in [3.63, 3.8) is 0 Å². The summed E-state index contributed by atoms with van der Waals surface area (Å²) in [5.41, 5.74) is 2.32. The number of benzene rings is 1. The number of halogens is 3. The highest BCUT2D eigenvalue weighted by Gasteiger charge is 2.27. The largest absolute Gasteiger partial charge is 0.390 e. The fourth-order valence-electron chi connectivity index (χ4n) is 2.23. The average Bonchev–Trinajstić information content (AvgIpc) is 3.22. The normalized spacial score (nSPS) is 15.7. The summed E-state index contributed by atoms with van der Waals surface area (Å²) >= 11 is 0. The third kappa shape index (κ3) is 6.96. The Bertz CT molecular complexity index is 424. The van der Waals surface area contributed by atoms with Crippen molar-refractivity contribution in [3.8, 4) is 0 Å². The molecule has 0 radical (unpaired) electrons. The Labute approximate surface area is 124 Å². The molecular formula is C16H23F3N2. The SMILES string of the molecule is CN(CCC(F)(F)F)Cc1ccc(CCNC2CC2)cc1. The first-order valence-corrected chi connectivity index (χ1v) is 7.49. The molecular weight excluding hydrogens is 277 g/mol. The zero-order valence-corrected chi connectivity index (χ0v) is 12.4. The maximum absolute atomic E-state index is 12.2. The van der Waals surface area contributed by atoms with Crippen LogP contribution >= 0.6 is 0 Å². The van der Waals surface area contributed by atoms with Gasteiger partial charge in [0.05, 0.1) is 6.42 Å². The van der Waals surface area contributed by atoms with Gasteiger partial charge in [-0.05, 0) is 44.0 Å². The van der Waals surface area contributed by atoms with Crippen molar-refractivity contribution in [2.24, 2.45) is 0 Å². The number of hydrogen-bond acceptors (Lipinski definition) is 2. The minimum absolute atomic E-state index is 0.0383. The van der Waals surface area contributed by atoms with Crippen LogP contribution in [0.15, 0.2) is 24.3 Å². The Kier molecular flexibility index (Phi) is 5.65. The topological polar surface area (TPSA) is 15.3 Å². The van der Waals surface area contributed by atoms with Gasteiger partial charge in [-0.1, -0.05) is 24.3 Å². The van der Waals surface area contributed by atoms with Gasteiger partial charge in [0.2, 0.25) is 0 Å². The predicted octanol–water partition coefficient (Wildman–Crippen LogP) is 3.37. The number of rotatable bonds is 8. The maximum atomic E-state index is 12.2. The monoisotopic (exact) mass is 300 g/mol. The minimum atomic E-state index is -4.08. The van der Waals surface area contributed by atoms with E-state index in [2.05, 4.69) is 17.4 Å². The van der Waals surface area contributed by atoms with Gasteiger partial charge >= 0.3 is 6.18 Å². The summed E-state index contributed by atoms with van der Waals surface area (Å²) in [6, 6.07) is 8.89. The van der Waals surface area contributed by atoms with Crippen molar-refractivity contribution in [2.45, 2.75) is 44.4 Å². The first kappa shape index (κ1) is 16.3. The van der Waals surface area contributed by atoms with Gasteiger partial charge in [0.1, 0.15) is 0 Å². The van der Waals surface area contributed by atoms with E-state index in [-0.39, 0.29) is 6.54 Å². The molecule has 1 aromatic carbocycles. The molecule has 1 saturated carbocycles. The van der Waals surface area contributed by atoms with E-state index < -0.39 is 12.6 Å². The van der Waals surface area contributed by atoms with Crippen LogP contribution in [0.5, 0.6) is 0 Å². The second-order valence-electron chi connectivity index (χ2n) is 5.90. The number of nitrogens with one attached hydrogen (secondary N) is 1. The molecule has 118 valence electrons. The molecule has 1 aliphatic rings. The van der Waals surface area contributed by atoms with E-state index in [0.717, 1.165) is 24.6 Å². The molecule has 5 heteroatoms. The molecule has 1 fully saturated rings. The molecule has 0 heterocycles. The summed E-state index contributed by atoms with van der Waals surface area (Å²) in [6.45, 7) is 1.59. The van der Waals surface area contributed by atoms with Gasteiger partial charge < -0.3 is 10.2 Å². The van der Waals surface area contributed by atoms with Gasteiger partial charge in [-0.3, -0.25) is 0 Å². The number of nitrogens with zero attached hydrogens (tertiary/aromatic N) is 1. The van der Waals surface area contributed by atoms with E-state index in [1.165, 1.54) is 18.4 Å². The lowest BCUT2D eigenvalue weighted by atomic mass is 10.1. The van der Waals surface area contributed by atoms with Crippen molar-refractivity contribution in [1.82, 2.24) is 10.2 Å². The van der Waals surface area contributed by atoms with Crippen molar-refractivity contribution >= 4 is 0 Å². The van der Waals surface area contributed by atoms with Gasteiger partial charge in [-0.15, -0.1) is 0 Å². The van der Waals surface area contributed by atoms with E-state index in [1.807, 2.05) is 12.1 Å². The molecule has 0 aliphatic heterocycles. The Hall–Kier alpha value is -1.07. The maximum Gasteiger partial charge on any atom is 0.390 e. The van der Waals surface area contributed by atoms with Crippen LogP contribution < -0.4 is 5.32 Å². The standard InChI is InChI=1S/C16H23F3N2/c1-21(11-9-16(17,18)19)12-14-4-2-13(3-5-14)8-10-20-15-6-7-15/h2-5,15,20H,6-12H2,1H3. The third-order valence-corrected chi connectivity index (χ3v) is 3.68.